The van der Waals surface area contributed by atoms with Crippen molar-refractivity contribution in [1.29, 1.82) is 0 Å². The van der Waals surface area contributed by atoms with Gasteiger partial charge in [0, 0.05) is 17.2 Å². The first-order valence-corrected chi connectivity index (χ1v) is 12.1. The van der Waals surface area contributed by atoms with Crippen LogP contribution in [0.2, 0.25) is 0 Å². The van der Waals surface area contributed by atoms with E-state index in [1.54, 1.807) is 54.6 Å². The van der Waals surface area contributed by atoms with E-state index in [1.807, 2.05) is 20.8 Å². The summed E-state index contributed by atoms with van der Waals surface area (Å²) in [5, 5.41) is 17.5. The average molecular weight is 518 g/mol. The second-order valence-electron chi connectivity index (χ2n) is 9.06. The highest BCUT2D eigenvalue weighted by Crippen LogP contribution is 2.29. The first kappa shape index (κ1) is 24.0. The third-order valence-electron chi connectivity index (χ3n) is 5.07. The van der Waals surface area contributed by atoms with Crippen LogP contribution in [0.15, 0.2) is 65.3 Å². The summed E-state index contributed by atoms with van der Waals surface area (Å²) < 4.78 is 11.0. The van der Waals surface area contributed by atoms with E-state index in [2.05, 4.69) is 36.1 Å². The first-order chi connectivity index (χ1) is 17.7. The van der Waals surface area contributed by atoms with Gasteiger partial charge in [-0.2, -0.15) is 0 Å². The van der Waals surface area contributed by atoms with Gasteiger partial charge < -0.3 is 19.5 Å². The van der Waals surface area contributed by atoms with Crippen molar-refractivity contribution in [2.75, 3.05) is 16.0 Å². The number of imidazole rings is 1. The SMILES string of the molecule is CC(C)(C)c1nnc(NC(=O)Nc2ccc(Oc3ccc4nc(NC(=O)c5ccco5)[nH]c4c3)cc2)s1. The Balaban J connectivity index is 1.19. The molecule has 0 atom stereocenters. The topological polar surface area (TPSA) is 147 Å². The zero-order valence-corrected chi connectivity index (χ0v) is 21.0. The monoisotopic (exact) mass is 517 g/mol. The van der Waals surface area contributed by atoms with Crippen LogP contribution in [0.5, 0.6) is 11.5 Å². The summed E-state index contributed by atoms with van der Waals surface area (Å²) in [5.74, 6) is 1.24. The van der Waals surface area contributed by atoms with Gasteiger partial charge in [-0.1, -0.05) is 32.1 Å². The number of hydrogen-bond donors (Lipinski definition) is 4. The molecule has 37 heavy (non-hydrogen) atoms. The molecule has 3 heterocycles. The lowest BCUT2D eigenvalue weighted by atomic mass is 9.98. The highest BCUT2D eigenvalue weighted by Gasteiger charge is 2.20. The van der Waals surface area contributed by atoms with Crippen molar-refractivity contribution in [3.63, 3.8) is 0 Å². The van der Waals surface area contributed by atoms with Gasteiger partial charge in [0.05, 0.1) is 17.3 Å². The van der Waals surface area contributed by atoms with Gasteiger partial charge in [-0.05, 0) is 48.5 Å². The van der Waals surface area contributed by atoms with Crippen molar-refractivity contribution < 1.29 is 18.7 Å². The van der Waals surface area contributed by atoms with Crippen LogP contribution in [0.4, 0.5) is 21.6 Å². The van der Waals surface area contributed by atoms with Crippen LogP contribution in [0.1, 0.15) is 36.3 Å². The van der Waals surface area contributed by atoms with E-state index in [9.17, 15) is 9.59 Å². The number of urea groups is 1. The number of aromatic nitrogens is 4. The number of benzene rings is 2. The second kappa shape index (κ2) is 9.74. The van der Waals surface area contributed by atoms with Crippen LogP contribution in [0.25, 0.3) is 11.0 Å². The molecule has 188 valence electrons. The number of fused-ring (bicyclic) bond motifs is 1. The number of aromatic amines is 1. The smallest absolute Gasteiger partial charge is 0.325 e. The summed E-state index contributed by atoms with van der Waals surface area (Å²) in [5.41, 5.74) is 1.81. The molecule has 0 saturated carbocycles. The Kier molecular flexibility index (Phi) is 6.32. The van der Waals surface area contributed by atoms with Crippen molar-refractivity contribution in [3.8, 4) is 11.5 Å². The molecule has 0 unspecified atom stereocenters. The van der Waals surface area contributed by atoms with E-state index < -0.39 is 11.9 Å². The quantitative estimate of drug-likeness (QED) is 0.216. The number of nitrogens with one attached hydrogen (secondary N) is 4. The number of carbonyl (C=O) groups is 2. The minimum absolute atomic E-state index is 0.135. The molecule has 0 aliphatic carbocycles. The van der Waals surface area contributed by atoms with Crippen LogP contribution >= 0.6 is 11.3 Å². The first-order valence-electron chi connectivity index (χ1n) is 11.3. The zero-order valence-electron chi connectivity index (χ0n) is 20.2. The second-order valence-corrected chi connectivity index (χ2v) is 10.0. The number of hydrogen-bond acceptors (Lipinski definition) is 8. The number of ether oxygens (including phenoxy) is 1. The molecule has 5 rings (SSSR count). The van der Waals surface area contributed by atoms with Crippen molar-refractivity contribution in [2.45, 2.75) is 26.2 Å². The Bertz CT molecular complexity index is 1550. The molecule has 3 amide bonds. The number of carbonyl (C=O) groups excluding carboxylic acids is 2. The summed E-state index contributed by atoms with van der Waals surface area (Å²) in [6.07, 6.45) is 1.43. The molecule has 0 fully saturated rings. The molecule has 5 aromatic rings. The summed E-state index contributed by atoms with van der Waals surface area (Å²) in [6, 6.07) is 15.1. The van der Waals surface area contributed by atoms with Gasteiger partial charge in [0.2, 0.25) is 11.1 Å². The molecule has 11 nitrogen and oxygen atoms in total. The Morgan fingerprint density at radius 3 is 2.46 bits per heavy atom. The maximum Gasteiger partial charge on any atom is 0.325 e. The Morgan fingerprint density at radius 1 is 0.973 bits per heavy atom. The molecule has 0 aliphatic heterocycles. The largest absolute Gasteiger partial charge is 0.459 e. The van der Waals surface area contributed by atoms with E-state index in [0.29, 0.717) is 39.3 Å². The minimum atomic E-state index is -0.412. The molecule has 0 aliphatic rings. The van der Waals surface area contributed by atoms with Crippen LogP contribution in [-0.2, 0) is 5.41 Å². The van der Waals surface area contributed by atoms with Crippen molar-refractivity contribution >= 4 is 51.1 Å². The summed E-state index contributed by atoms with van der Waals surface area (Å²) >= 11 is 1.34. The van der Waals surface area contributed by atoms with E-state index in [-0.39, 0.29) is 11.2 Å². The molecule has 0 radical (unpaired) electrons. The van der Waals surface area contributed by atoms with Crippen LogP contribution in [0.3, 0.4) is 0 Å². The fraction of sp³-hybridized carbons (Fsp3) is 0.160. The van der Waals surface area contributed by atoms with Crippen molar-refractivity contribution in [2.24, 2.45) is 0 Å². The van der Waals surface area contributed by atoms with E-state index in [0.717, 1.165) is 5.01 Å². The maximum atomic E-state index is 12.3. The number of anilines is 3. The third-order valence-corrected chi connectivity index (χ3v) is 6.33. The van der Waals surface area contributed by atoms with Gasteiger partial charge in [-0.25, -0.2) is 9.78 Å². The number of amides is 3. The van der Waals surface area contributed by atoms with E-state index >= 15 is 0 Å². The number of rotatable bonds is 6. The van der Waals surface area contributed by atoms with Crippen LogP contribution in [-0.4, -0.2) is 32.1 Å². The van der Waals surface area contributed by atoms with Gasteiger partial charge in [0.1, 0.15) is 16.5 Å². The number of H-pyrrole nitrogens is 1. The summed E-state index contributed by atoms with van der Waals surface area (Å²) in [6.45, 7) is 6.11. The van der Waals surface area contributed by atoms with Gasteiger partial charge in [0.25, 0.3) is 5.91 Å². The highest BCUT2D eigenvalue weighted by atomic mass is 32.1. The molecule has 4 N–H and O–H groups in total. The molecule has 0 spiro atoms. The average Bonchev–Trinajstić information content (AvgIpc) is 3.60. The number of nitrogens with zero attached hydrogens (tertiary/aromatic N) is 3. The molecule has 3 aromatic heterocycles. The molecule has 0 saturated heterocycles. The third kappa shape index (κ3) is 5.76. The predicted octanol–water partition coefficient (Wildman–Crippen LogP) is 5.99. The minimum Gasteiger partial charge on any atom is -0.459 e. The van der Waals surface area contributed by atoms with E-state index in [1.165, 1.54) is 17.6 Å². The fourth-order valence-electron chi connectivity index (χ4n) is 3.27. The Labute approximate surface area is 215 Å². The standard InChI is InChI=1S/C25H23N7O4S/c1-25(2,3)21-31-32-24(37-21)30-23(34)26-14-6-8-15(9-7-14)36-16-10-11-17-18(13-16)28-22(27-17)29-20(33)19-5-4-12-35-19/h4-13H,1-3H3,(H2,26,30,32,34)(H2,27,28,29,33). The maximum absolute atomic E-state index is 12.3. The lowest BCUT2D eigenvalue weighted by Gasteiger charge is -2.12. The summed E-state index contributed by atoms with van der Waals surface area (Å²) in [7, 11) is 0. The van der Waals surface area contributed by atoms with Crippen LogP contribution < -0.4 is 20.7 Å². The molecule has 12 heteroatoms. The normalized spacial score (nSPS) is 11.3. The zero-order chi connectivity index (χ0) is 26.0. The van der Waals surface area contributed by atoms with Gasteiger partial charge in [0.15, 0.2) is 5.76 Å². The van der Waals surface area contributed by atoms with E-state index in [4.69, 9.17) is 9.15 Å². The van der Waals surface area contributed by atoms with Gasteiger partial charge in [-0.3, -0.25) is 15.4 Å². The fourth-order valence-corrected chi connectivity index (χ4v) is 4.06. The highest BCUT2D eigenvalue weighted by molar-refractivity contribution is 7.15. The lowest BCUT2D eigenvalue weighted by Crippen LogP contribution is -2.19. The van der Waals surface area contributed by atoms with Gasteiger partial charge in [-0.15, -0.1) is 10.2 Å². The molecule has 2 aromatic carbocycles. The Morgan fingerprint density at radius 2 is 1.76 bits per heavy atom. The predicted molar refractivity (Wildman–Crippen MR) is 141 cm³/mol. The van der Waals surface area contributed by atoms with Crippen molar-refractivity contribution in [3.05, 3.63) is 71.6 Å². The molecular weight excluding hydrogens is 494 g/mol. The van der Waals surface area contributed by atoms with Crippen LogP contribution in [0, 0.1) is 0 Å². The Hall–Kier alpha value is -4.71. The molecule has 0 bridgehead atoms. The summed E-state index contributed by atoms with van der Waals surface area (Å²) in [4.78, 5) is 31.9. The molecular formula is C25H23N7O4S. The van der Waals surface area contributed by atoms with Gasteiger partial charge >= 0.3 is 6.03 Å². The lowest BCUT2D eigenvalue weighted by molar-refractivity contribution is 0.0996. The number of furan rings is 1. The van der Waals surface area contributed by atoms with Crippen molar-refractivity contribution in [1.82, 2.24) is 20.2 Å².